The fraction of sp³-hybridized carbons (Fsp3) is 0.316. The molecular weight excluding hydrogens is 304 g/mol. The normalized spacial score (nSPS) is 10.3. The van der Waals surface area contributed by atoms with E-state index >= 15 is 0 Å². The van der Waals surface area contributed by atoms with Gasteiger partial charge < -0.3 is 20.1 Å². The van der Waals surface area contributed by atoms with E-state index in [4.69, 9.17) is 9.47 Å². The second-order valence-electron chi connectivity index (χ2n) is 5.51. The summed E-state index contributed by atoms with van der Waals surface area (Å²) in [7, 11) is 1.64. The Balaban J connectivity index is 1.82. The molecule has 2 N–H and O–H groups in total. The van der Waals surface area contributed by atoms with Crippen LogP contribution >= 0.6 is 0 Å². The zero-order valence-electron chi connectivity index (χ0n) is 14.4. The second-order valence-corrected chi connectivity index (χ2v) is 5.51. The van der Waals surface area contributed by atoms with Crippen molar-refractivity contribution in [1.29, 1.82) is 0 Å². The van der Waals surface area contributed by atoms with Crippen molar-refractivity contribution in [2.75, 3.05) is 37.5 Å². The van der Waals surface area contributed by atoms with Crippen molar-refractivity contribution in [1.82, 2.24) is 0 Å². The van der Waals surface area contributed by atoms with Crippen LogP contribution in [0.2, 0.25) is 0 Å². The number of hydrogen-bond donors (Lipinski definition) is 2. The van der Waals surface area contributed by atoms with Crippen LogP contribution in [0.1, 0.15) is 11.1 Å². The molecule has 0 heterocycles. The van der Waals surface area contributed by atoms with Crippen LogP contribution in [0.3, 0.4) is 0 Å². The third-order valence-electron chi connectivity index (χ3n) is 3.74. The lowest BCUT2D eigenvalue weighted by molar-refractivity contribution is -0.114. The molecule has 0 aliphatic rings. The summed E-state index contributed by atoms with van der Waals surface area (Å²) in [6.45, 7) is 5.30. The summed E-state index contributed by atoms with van der Waals surface area (Å²) < 4.78 is 10.4. The Hall–Kier alpha value is -2.53. The molecule has 0 spiro atoms. The molecule has 128 valence electrons. The van der Waals surface area contributed by atoms with Crippen molar-refractivity contribution >= 4 is 17.3 Å². The van der Waals surface area contributed by atoms with Crippen molar-refractivity contribution in [3.63, 3.8) is 0 Å². The van der Waals surface area contributed by atoms with E-state index in [1.165, 1.54) is 0 Å². The summed E-state index contributed by atoms with van der Waals surface area (Å²) in [6.07, 6.45) is 0. The predicted octanol–water partition coefficient (Wildman–Crippen LogP) is 3.38. The molecule has 0 saturated carbocycles. The van der Waals surface area contributed by atoms with Gasteiger partial charge in [-0.1, -0.05) is 12.1 Å². The van der Waals surface area contributed by atoms with Gasteiger partial charge in [0.2, 0.25) is 5.91 Å². The average Bonchev–Trinajstić information content (AvgIpc) is 2.58. The SMILES string of the molecule is COCCOc1ccc(NCC(=O)Nc2cccc(C)c2C)cc1. The van der Waals surface area contributed by atoms with E-state index < -0.39 is 0 Å². The Kier molecular flexibility index (Phi) is 6.63. The van der Waals surface area contributed by atoms with Gasteiger partial charge in [0, 0.05) is 18.5 Å². The first-order valence-electron chi connectivity index (χ1n) is 7.92. The first kappa shape index (κ1) is 17.8. The molecule has 2 rings (SSSR count). The van der Waals surface area contributed by atoms with Crippen LogP contribution in [0.25, 0.3) is 0 Å². The van der Waals surface area contributed by atoms with Crippen LogP contribution in [-0.4, -0.2) is 32.8 Å². The molecule has 0 atom stereocenters. The molecular formula is C19H24N2O3. The largest absolute Gasteiger partial charge is 0.491 e. The highest BCUT2D eigenvalue weighted by molar-refractivity contribution is 5.94. The number of ether oxygens (including phenoxy) is 2. The predicted molar refractivity (Wildman–Crippen MR) is 96.8 cm³/mol. The number of hydrogen-bond acceptors (Lipinski definition) is 4. The number of benzene rings is 2. The minimum absolute atomic E-state index is 0.0795. The van der Waals surface area contributed by atoms with Crippen molar-refractivity contribution in [2.45, 2.75) is 13.8 Å². The fourth-order valence-corrected chi connectivity index (χ4v) is 2.18. The molecule has 0 radical (unpaired) electrons. The Morgan fingerprint density at radius 3 is 2.50 bits per heavy atom. The lowest BCUT2D eigenvalue weighted by Gasteiger charge is -2.12. The zero-order valence-corrected chi connectivity index (χ0v) is 14.4. The maximum atomic E-state index is 12.1. The zero-order chi connectivity index (χ0) is 17.4. The summed E-state index contributed by atoms with van der Waals surface area (Å²) in [5, 5.41) is 6.03. The summed E-state index contributed by atoms with van der Waals surface area (Å²) in [6, 6.07) is 13.4. The Labute approximate surface area is 143 Å². The molecule has 0 fully saturated rings. The number of aryl methyl sites for hydroxylation is 1. The molecule has 0 saturated heterocycles. The van der Waals surface area contributed by atoms with E-state index in [2.05, 4.69) is 10.6 Å². The van der Waals surface area contributed by atoms with E-state index in [0.29, 0.717) is 13.2 Å². The van der Waals surface area contributed by atoms with Gasteiger partial charge in [0.05, 0.1) is 13.2 Å². The first-order chi connectivity index (χ1) is 11.6. The van der Waals surface area contributed by atoms with Crippen LogP contribution in [0.4, 0.5) is 11.4 Å². The van der Waals surface area contributed by atoms with Crippen molar-refractivity contribution in [2.24, 2.45) is 0 Å². The number of nitrogens with one attached hydrogen (secondary N) is 2. The number of methoxy groups -OCH3 is 1. The highest BCUT2D eigenvalue weighted by Gasteiger charge is 2.06. The van der Waals surface area contributed by atoms with E-state index in [9.17, 15) is 4.79 Å². The molecule has 5 nitrogen and oxygen atoms in total. The van der Waals surface area contributed by atoms with Crippen LogP contribution in [-0.2, 0) is 9.53 Å². The van der Waals surface area contributed by atoms with Gasteiger partial charge in [-0.05, 0) is 55.3 Å². The van der Waals surface area contributed by atoms with Crippen LogP contribution in [0.5, 0.6) is 5.75 Å². The topological polar surface area (TPSA) is 59.6 Å². The average molecular weight is 328 g/mol. The maximum Gasteiger partial charge on any atom is 0.243 e. The van der Waals surface area contributed by atoms with Crippen LogP contribution in [0.15, 0.2) is 42.5 Å². The van der Waals surface area contributed by atoms with E-state index in [1.54, 1.807) is 7.11 Å². The fourth-order valence-electron chi connectivity index (χ4n) is 2.18. The summed E-state index contributed by atoms with van der Waals surface area (Å²) in [5.41, 5.74) is 3.96. The van der Waals surface area contributed by atoms with E-state index in [1.807, 2.05) is 56.3 Å². The van der Waals surface area contributed by atoms with E-state index in [0.717, 1.165) is 28.3 Å². The van der Waals surface area contributed by atoms with Crippen LogP contribution < -0.4 is 15.4 Å². The number of anilines is 2. The van der Waals surface area contributed by atoms with Gasteiger partial charge in [0.25, 0.3) is 0 Å². The van der Waals surface area contributed by atoms with E-state index in [-0.39, 0.29) is 12.5 Å². The highest BCUT2D eigenvalue weighted by atomic mass is 16.5. The summed E-state index contributed by atoms with van der Waals surface area (Å²) in [5.74, 6) is 0.696. The monoisotopic (exact) mass is 328 g/mol. The van der Waals surface area contributed by atoms with Gasteiger partial charge in [-0.15, -0.1) is 0 Å². The smallest absolute Gasteiger partial charge is 0.243 e. The molecule has 5 heteroatoms. The third-order valence-corrected chi connectivity index (χ3v) is 3.74. The van der Waals surface area contributed by atoms with Crippen molar-refractivity contribution < 1.29 is 14.3 Å². The lowest BCUT2D eigenvalue weighted by atomic mass is 10.1. The number of carbonyl (C=O) groups is 1. The van der Waals surface area contributed by atoms with Crippen molar-refractivity contribution in [3.05, 3.63) is 53.6 Å². The quantitative estimate of drug-likeness (QED) is 0.729. The van der Waals surface area contributed by atoms with Gasteiger partial charge in [-0.2, -0.15) is 0 Å². The van der Waals surface area contributed by atoms with Gasteiger partial charge in [-0.3, -0.25) is 4.79 Å². The Morgan fingerprint density at radius 1 is 1.04 bits per heavy atom. The number of rotatable bonds is 8. The molecule has 2 aromatic carbocycles. The molecule has 0 aromatic heterocycles. The number of carbonyl (C=O) groups excluding carboxylic acids is 1. The Bertz CT molecular complexity index is 669. The van der Waals surface area contributed by atoms with Crippen LogP contribution in [0, 0.1) is 13.8 Å². The molecule has 0 aliphatic carbocycles. The number of amides is 1. The lowest BCUT2D eigenvalue weighted by Crippen LogP contribution is -2.22. The second kappa shape index (κ2) is 8.93. The molecule has 24 heavy (non-hydrogen) atoms. The third kappa shape index (κ3) is 5.28. The summed E-state index contributed by atoms with van der Waals surface area (Å²) in [4.78, 5) is 12.1. The minimum atomic E-state index is -0.0795. The van der Waals surface area contributed by atoms with Gasteiger partial charge in [-0.25, -0.2) is 0 Å². The maximum absolute atomic E-state index is 12.1. The standard InChI is InChI=1S/C19H24N2O3/c1-14-5-4-6-18(15(14)2)21-19(22)13-20-16-7-9-17(10-8-16)24-12-11-23-3/h4-10,20H,11-13H2,1-3H3,(H,21,22). The highest BCUT2D eigenvalue weighted by Crippen LogP contribution is 2.18. The van der Waals surface area contributed by atoms with Gasteiger partial charge in [0.1, 0.15) is 12.4 Å². The Morgan fingerprint density at radius 2 is 1.79 bits per heavy atom. The van der Waals surface area contributed by atoms with Gasteiger partial charge >= 0.3 is 0 Å². The minimum Gasteiger partial charge on any atom is -0.491 e. The first-order valence-corrected chi connectivity index (χ1v) is 7.92. The van der Waals surface area contributed by atoms with Crippen molar-refractivity contribution in [3.8, 4) is 5.75 Å². The summed E-state index contributed by atoms with van der Waals surface area (Å²) >= 11 is 0. The molecule has 2 aromatic rings. The molecule has 1 amide bonds. The van der Waals surface area contributed by atoms with Gasteiger partial charge in [0.15, 0.2) is 0 Å². The molecule has 0 unspecified atom stereocenters. The molecule has 0 bridgehead atoms. The molecule has 0 aliphatic heterocycles.